The Balaban J connectivity index is 2.02. The summed E-state index contributed by atoms with van der Waals surface area (Å²) in [5, 5.41) is 0. The van der Waals surface area contributed by atoms with E-state index in [0.717, 1.165) is 25.7 Å². The Kier molecular flexibility index (Phi) is 1.89. The van der Waals surface area contributed by atoms with Gasteiger partial charge in [-0.3, -0.25) is 4.79 Å². The summed E-state index contributed by atoms with van der Waals surface area (Å²) in [7, 11) is 0. The van der Waals surface area contributed by atoms with E-state index in [9.17, 15) is 13.6 Å². The number of halogens is 2. The number of fused-ring (bicyclic) bond motifs is 2. The molecular formula is C9H12F2O. The summed E-state index contributed by atoms with van der Waals surface area (Å²) in [5.74, 6) is -0.245. The van der Waals surface area contributed by atoms with Crippen LogP contribution in [0.2, 0.25) is 0 Å². The third-order valence-corrected chi connectivity index (χ3v) is 3.32. The van der Waals surface area contributed by atoms with E-state index in [2.05, 4.69) is 0 Å². The summed E-state index contributed by atoms with van der Waals surface area (Å²) in [6, 6.07) is 0. The lowest BCUT2D eigenvalue weighted by molar-refractivity contribution is -0.135. The minimum absolute atomic E-state index is 0.288. The van der Waals surface area contributed by atoms with E-state index in [1.54, 1.807) is 0 Å². The van der Waals surface area contributed by atoms with Gasteiger partial charge in [0.25, 0.3) is 6.43 Å². The molecule has 2 fully saturated rings. The lowest BCUT2D eigenvalue weighted by atomic mass is 9.86. The van der Waals surface area contributed by atoms with E-state index in [1.165, 1.54) is 0 Å². The van der Waals surface area contributed by atoms with E-state index < -0.39 is 12.2 Å². The van der Waals surface area contributed by atoms with Gasteiger partial charge in [0.05, 0.1) is 0 Å². The van der Waals surface area contributed by atoms with Crippen LogP contribution in [0.4, 0.5) is 8.78 Å². The fraction of sp³-hybridized carbons (Fsp3) is 0.889. The van der Waals surface area contributed by atoms with Crippen LogP contribution < -0.4 is 0 Å². The fourth-order valence-electron chi connectivity index (χ4n) is 2.76. The number of rotatable bonds is 2. The first kappa shape index (κ1) is 8.14. The van der Waals surface area contributed by atoms with Crippen molar-refractivity contribution in [1.29, 1.82) is 0 Å². The van der Waals surface area contributed by atoms with Crippen LogP contribution in [0.15, 0.2) is 0 Å². The maximum Gasteiger partial charge on any atom is 0.296 e. The van der Waals surface area contributed by atoms with Gasteiger partial charge in [0.1, 0.15) is 0 Å². The number of hydrogen-bond donors (Lipinski definition) is 0. The van der Waals surface area contributed by atoms with Gasteiger partial charge in [-0.2, -0.15) is 0 Å². The largest absolute Gasteiger partial charge is 0.296 e. The van der Waals surface area contributed by atoms with Crippen molar-refractivity contribution in [3.05, 3.63) is 0 Å². The Hall–Kier alpha value is -0.470. The number of hydrogen-bond acceptors (Lipinski definition) is 1. The van der Waals surface area contributed by atoms with E-state index in [-0.39, 0.29) is 11.8 Å². The van der Waals surface area contributed by atoms with Gasteiger partial charge in [-0.25, -0.2) is 8.78 Å². The number of Topliss-reactive ketones (excluding diaryl/α,β-unsaturated/α-hetero) is 1. The highest BCUT2D eigenvalue weighted by atomic mass is 19.3. The molecule has 3 heteroatoms. The first-order valence-corrected chi connectivity index (χ1v) is 4.50. The van der Waals surface area contributed by atoms with Gasteiger partial charge >= 0.3 is 0 Å². The van der Waals surface area contributed by atoms with Crippen LogP contribution in [0.25, 0.3) is 0 Å². The van der Waals surface area contributed by atoms with Crippen LogP contribution in [-0.4, -0.2) is 12.2 Å². The maximum absolute atomic E-state index is 12.1. The maximum atomic E-state index is 12.1. The van der Waals surface area contributed by atoms with Gasteiger partial charge < -0.3 is 0 Å². The average Bonchev–Trinajstić information content (AvgIpc) is 2.62. The zero-order valence-electron chi connectivity index (χ0n) is 6.80. The van der Waals surface area contributed by atoms with Gasteiger partial charge in [0.15, 0.2) is 0 Å². The van der Waals surface area contributed by atoms with E-state index in [1.807, 2.05) is 0 Å². The van der Waals surface area contributed by atoms with Gasteiger partial charge in [-0.15, -0.1) is 0 Å². The number of ketones is 1. The number of carbonyl (C=O) groups is 1. The van der Waals surface area contributed by atoms with Crippen molar-refractivity contribution in [2.45, 2.75) is 32.1 Å². The molecule has 0 spiro atoms. The van der Waals surface area contributed by atoms with Crippen molar-refractivity contribution in [2.24, 2.45) is 17.8 Å². The highest BCUT2D eigenvalue weighted by Gasteiger charge is 2.44. The molecule has 1 nitrogen and oxygen atoms in total. The van der Waals surface area contributed by atoms with Crippen molar-refractivity contribution >= 4 is 5.78 Å². The molecular weight excluding hydrogens is 162 g/mol. The highest BCUT2D eigenvalue weighted by Crippen LogP contribution is 2.49. The lowest BCUT2D eigenvalue weighted by Gasteiger charge is -2.19. The van der Waals surface area contributed by atoms with Crippen molar-refractivity contribution < 1.29 is 13.6 Å². The molecule has 0 unspecified atom stereocenters. The quantitative estimate of drug-likeness (QED) is 0.627. The molecule has 2 aliphatic rings. The molecule has 0 aliphatic heterocycles. The first-order chi connectivity index (χ1) is 5.68. The second-order valence-electron chi connectivity index (χ2n) is 3.98. The Morgan fingerprint density at radius 1 is 1.25 bits per heavy atom. The van der Waals surface area contributed by atoms with E-state index >= 15 is 0 Å². The zero-order chi connectivity index (χ0) is 8.72. The first-order valence-electron chi connectivity index (χ1n) is 4.50. The molecule has 0 aromatic heterocycles. The SMILES string of the molecule is O=C(C(F)F)[C@@H]1C[C@H]2CC[C@@H]1C2. The summed E-state index contributed by atoms with van der Waals surface area (Å²) in [5.41, 5.74) is 0. The molecule has 2 bridgehead atoms. The third-order valence-electron chi connectivity index (χ3n) is 3.32. The standard InChI is InChI=1S/C9H12F2O/c10-9(11)8(12)7-4-5-1-2-6(7)3-5/h5-7,9H,1-4H2/t5-,6+,7+/m0/s1. The summed E-state index contributed by atoms with van der Waals surface area (Å²) in [6.07, 6.45) is 1.15. The topological polar surface area (TPSA) is 17.1 Å². The predicted octanol–water partition coefficient (Wildman–Crippen LogP) is 2.26. The molecule has 12 heavy (non-hydrogen) atoms. The molecule has 0 N–H and O–H groups in total. The average molecular weight is 174 g/mol. The van der Waals surface area contributed by atoms with Crippen LogP contribution >= 0.6 is 0 Å². The van der Waals surface area contributed by atoms with Crippen LogP contribution in [0, 0.1) is 17.8 Å². The Morgan fingerprint density at radius 2 is 2.00 bits per heavy atom. The normalized spacial score (nSPS) is 39.4. The van der Waals surface area contributed by atoms with Gasteiger partial charge in [-0.1, -0.05) is 6.42 Å². The van der Waals surface area contributed by atoms with Crippen LogP contribution in [-0.2, 0) is 4.79 Å². The Bertz CT molecular complexity index is 203. The molecule has 2 aliphatic carbocycles. The molecule has 2 rings (SSSR count). The minimum atomic E-state index is -2.74. The summed E-state index contributed by atoms with van der Waals surface area (Å²) >= 11 is 0. The second kappa shape index (κ2) is 2.79. The van der Waals surface area contributed by atoms with Crippen molar-refractivity contribution in [1.82, 2.24) is 0 Å². The summed E-state index contributed by atoms with van der Waals surface area (Å²) in [6.45, 7) is 0. The molecule has 0 saturated heterocycles. The number of alkyl halides is 2. The highest BCUT2D eigenvalue weighted by molar-refractivity contribution is 5.84. The summed E-state index contributed by atoms with van der Waals surface area (Å²) in [4.78, 5) is 11.0. The van der Waals surface area contributed by atoms with Gasteiger partial charge in [-0.05, 0) is 31.1 Å². The predicted molar refractivity (Wildman–Crippen MR) is 39.9 cm³/mol. The number of carbonyl (C=O) groups excluding carboxylic acids is 1. The van der Waals surface area contributed by atoms with E-state index in [0.29, 0.717) is 5.92 Å². The molecule has 0 amide bonds. The van der Waals surface area contributed by atoms with Crippen LogP contribution in [0.3, 0.4) is 0 Å². The Labute approximate surface area is 70.1 Å². The van der Waals surface area contributed by atoms with Gasteiger partial charge in [0.2, 0.25) is 5.78 Å². The second-order valence-corrected chi connectivity index (χ2v) is 3.98. The van der Waals surface area contributed by atoms with Gasteiger partial charge in [0, 0.05) is 5.92 Å². The fourth-order valence-corrected chi connectivity index (χ4v) is 2.76. The molecule has 0 aromatic carbocycles. The zero-order valence-corrected chi connectivity index (χ0v) is 6.80. The Morgan fingerprint density at radius 3 is 2.42 bits per heavy atom. The molecule has 0 radical (unpaired) electrons. The minimum Gasteiger partial charge on any atom is -0.293 e. The molecule has 0 aromatic rings. The molecule has 0 heterocycles. The van der Waals surface area contributed by atoms with E-state index in [4.69, 9.17) is 0 Å². The van der Waals surface area contributed by atoms with Crippen molar-refractivity contribution in [3.63, 3.8) is 0 Å². The van der Waals surface area contributed by atoms with Crippen LogP contribution in [0.5, 0.6) is 0 Å². The third kappa shape index (κ3) is 1.15. The monoisotopic (exact) mass is 174 g/mol. The summed E-state index contributed by atoms with van der Waals surface area (Å²) < 4.78 is 24.1. The van der Waals surface area contributed by atoms with Crippen molar-refractivity contribution in [3.8, 4) is 0 Å². The molecule has 68 valence electrons. The van der Waals surface area contributed by atoms with Crippen molar-refractivity contribution in [2.75, 3.05) is 0 Å². The molecule has 2 saturated carbocycles. The lowest BCUT2D eigenvalue weighted by Crippen LogP contribution is -2.26. The smallest absolute Gasteiger partial charge is 0.293 e. The molecule has 3 atom stereocenters. The van der Waals surface area contributed by atoms with Crippen LogP contribution in [0.1, 0.15) is 25.7 Å².